The van der Waals surface area contributed by atoms with Crippen LogP contribution in [0.3, 0.4) is 0 Å². The molecule has 1 aliphatic carbocycles. The number of para-hydroxylation sites is 3. The summed E-state index contributed by atoms with van der Waals surface area (Å²) in [4.78, 5) is 0. The van der Waals surface area contributed by atoms with Crippen LogP contribution in [0.15, 0.2) is 115 Å². The maximum Gasteiger partial charge on any atom is 0.131 e. The highest BCUT2D eigenvalue weighted by Gasteiger charge is 2.36. The number of benzene rings is 5. The van der Waals surface area contributed by atoms with E-state index in [1.54, 1.807) is 0 Å². The molecular weight excluding hydrogens is 474 g/mol. The molecule has 3 nitrogen and oxygen atoms in total. The Bertz CT molecular complexity index is 2150. The number of nitrogens with zero attached hydrogens (tertiary/aromatic N) is 3. The Balaban J connectivity index is 1.49. The molecule has 0 unspecified atom stereocenters. The number of hydrogen-bond donors (Lipinski definition) is 0. The molecule has 184 valence electrons. The second kappa shape index (κ2) is 7.72. The summed E-state index contributed by atoms with van der Waals surface area (Å²) >= 11 is 0. The Morgan fingerprint density at radius 3 is 1.82 bits per heavy atom. The van der Waals surface area contributed by atoms with Crippen molar-refractivity contribution in [3.05, 3.63) is 132 Å². The molecule has 0 bridgehead atoms. The Labute approximate surface area is 226 Å². The fourth-order valence-corrected chi connectivity index (χ4v) is 6.73. The lowest BCUT2D eigenvalue weighted by Gasteiger charge is -2.22. The van der Waals surface area contributed by atoms with Gasteiger partial charge in [-0.1, -0.05) is 80.6 Å². The summed E-state index contributed by atoms with van der Waals surface area (Å²) in [5.41, 5.74) is 11.3. The average Bonchev–Trinajstić information content (AvgIpc) is 3.56. The standard InChI is InChI=1S/C36H25N3/c1-36(2)30-20-23(22-37)16-18-26(30)27-19-17-25(21-31(27)36)39-33-15-9-7-13-29(33)34-28-12-6-8-14-32(28)38(35(34)39)24-10-4-3-5-11-24/h3-21H,1-2H3. The van der Waals surface area contributed by atoms with Crippen molar-refractivity contribution < 1.29 is 0 Å². The third-order valence-electron chi connectivity index (χ3n) is 8.54. The Hall–Kier alpha value is -5.07. The van der Waals surface area contributed by atoms with Gasteiger partial charge in [-0.2, -0.15) is 5.26 Å². The first kappa shape index (κ1) is 22.0. The van der Waals surface area contributed by atoms with Crippen molar-refractivity contribution in [3.63, 3.8) is 0 Å². The topological polar surface area (TPSA) is 33.6 Å². The minimum Gasteiger partial charge on any atom is -0.295 e. The molecule has 0 amide bonds. The molecule has 0 radical (unpaired) electrons. The van der Waals surface area contributed by atoms with E-state index < -0.39 is 0 Å². The van der Waals surface area contributed by atoms with Crippen molar-refractivity contribution in [2.45, 2.75) is 19.3 Å². The zero-order chi connectivity index (χ0) is 26.3. The zero-order valence-corrected chi connectivity index (χ0v) is 21.8. The summed E-state index contributed by atoms with van der Waals surface area (Å²) in [5, 5.41) is 13.3. The highest BCUT2D eigenvalue weighted by atomic mass is 15.1. The van der Waals surface area contributed by atoms with Gasteiger partial charge in [0.15, 0.2) is 0 Å². The van der Waals surface area contributed by atoms with Crippen LogP contribution in [0.1, 0.15) is 30.5 Å². The molecule has 0 fully saturated rings. The van der Waals surface area contributed by atoms with Crippen LogP contribution >= 0.6 is 0 Å². The summed E-state index contributed by atoms with van der Waals surface area (Å²) in [5.74, 6) is 0. The van der Waals surface area contributed by atoms with Crippen molar-refractivity contribution in [3.8, 4) is 28.6 Å². The molecule has 0 saturated carbocycles. The minimum atomic E-state index is -0.207. The molecule has 0 N–H and O–H groups in total. The van der Waals surface area contributed by atoms with E-state index >= 15 is 0 Å². The van der Waals surface area contributed by atoms with E-state index in [4.69, 9.17) is 0 Å². The Morgan fingerprint density at radius 2 is 1.15 bits per heavy atom. The number of fused-ring (bicyclic) bond motifs is 8. The van der Waals surface area contributed by atoms with Crippen LogP contribution in [-0.4, -0.2) is 9.13 Å². The average molecular weight is 500 g/mol. The van der Waals surface area contributed by atoms with Crippen LogP contribution in [0.25, 0.3) is 55.3 Å². The fraction of sp³-hybridized carbons (Fsp3) is 0.0833. The van der Waals surface area contributed by atoms with Gasteiger partial charge in [-0.05, 0) is 70.8 Å². The monoisotopic (exact) mass is 499 g/mol. The predicted octanol–water partition coefficient (Wildman–Crippen LogP) is 8.91. The van der Waals surface area contributed by atoms with Crippen molar-refractivity contribution in [2.24, 2.45) is 0 Å². The number of rotatable bonds is 2. The largest absolute Gasteiger partial charge is 0.295 e. The summed E-state index contributed by atoms with van der Waals surface area (Å²) in [7, 11) is 0. The van der Waals surface area contributed by atoms with E-state index in [9.17, 15) is 5.26 Å². The number of aromatic nitrogens is 2. The van der Waals surface area contributed by atoms with Gasteiger partial charge in [0.05, 0.1) is 22.7 Å². The molecule has 5 aromatic carbocycles. The van der Waals surface area contributed by atoms with E-state index in [0.717, 1.165) is 11.4 Å². The van der Waals surface area contributed by atoms with E-state index in [0.29, 0.717) is 5.56 Å². The lowest BCUT2D eigenvalue weighted by Crippen LogP contribution is -2.15. The van der Waals surface area contributed by atoms with Crippen LogP contribution in [0.4, 0.5) is 0 Å². The molecule has 0 spiro atoms. The molecule has 2 heterocycles. The Kier molecular flexibility index (Phi) is 4.35. The van der Waals surface area contributed by atoms with Crippen LogP contribution < -0.4 is 0 Å². The van der Waals surface area contributed by atoms with E-state index in [-0.39, 0.29) is 5.41 Å². The summed E-state index contributed by atoms with van der Waals surface area (Å²) in [6.45, 7) is 4.54. The van der Waals surface area contributed by atoms with Gasteiger partial charge in [-0.25, -0.2) is 0 Å². The Morgan fingerprint density at radius 1 is 0.590 bits per heavy atom. The van der Waals surface area contributed by atoms with Gasteiger partial charge < -0.3 is 0 Å². The molecule has 39 heavy (non-hydrogen) atoms. The molecular formula is C36H25N3. The maximum absolute atomic E-state index is 9.55. The quantitative estimate of drug-likeness (QED) is 0.234. The molecule has 3 heteroatoms. The molecule has 0 aliphatic heterocycles. The van der Waals surface area contributed by atoms with Crippen LogP contribution in [-0.2, 0) is 5.41 Å². The summed E-state index contributed by atoms with van der Waals surface area (Å²) in [6, 6.07) is 43.4. The predicted molar refractivity (Wildman–Crippen MR) is 160 cm³/mol. The molecule has 2 aromatic heterocycles. The van der Waals surface area contributed by atoms with E-state index in [1.807, 2.05) is 6.07 Å². The van der Waals surface area contributed by atoms with Gasteiger partial charge in [0.25, 0.3) is 0 Å². The third-order valence-corrected chi connectivity index (χ3v) is 8.54. The van der Waals surface area contributed by atoms with Gasteiger partial charge in [0.1, 0.15) is 5.65 Å². The number of hydrogen-bond acceptors (Lipinski definition) is 1. The van der Waals surface area contributed by atoms with Gasteiger partial charge in [0, 0.05) is 32.9 Å². The van der Waals surface area contributed by atoms with Gasteiger partial charge >= 0.3 is 0 Å². The minimum absolute atomic E-state index is 0.207. The van der Waals surface area contributed by atoms with E-state index in [2.05, 4.69) is 138 Å². The van der Waals surface area contributed by atoms with Crippen LogP contribution in [0.5, 0.6) is 0 Å². The molecule has 1 aliphatic rings. The lowest BCUT2D eigenvalue weighted by atomic mass is 9.82. The van der Waals surface area contributed by atoms with Crippen molar-refractivity contribution >= 4 is 32.8 Å². The van der Waals surface area contributed by atoms with Gasteiger partial charge in [-0.15, -0.1) is 0 Å². The summed E-state index contributed by atoms with van der Waals surface area (Å²) < 4.78 is 4.83. The van der Waals surface area contributed by atoms with Crippen molar-refractivity contribution in [1.29, 1.82) is 5.26 Å². The molecule has 7 aromatic rings. The highest BCUT2D eigenvalue weighted by molar-refractivity contribution is 6.22. The third kappa shape index (κ3) is 2.86. The first-order valence-corrected chi connectivity index (χ1v) is 13.4. The van der Waals surface area contributed by atoms with Gasteiger partial charge in [0.2, 0.25) is 0 Å². The van der Waals surface area contributed by atoms with Crippen LogP contribution in [0.2, 0.25) is 0 Å². The summed E-state index contributed by atoms with van der Waals surface area (Å²) in [6.07, 6.45) is 0. The lowest BCUT2D eigenvalue weighted by molar-refractivity contribution is 0.659. The smallest absolute Gasteiger partial charge is 0.131 e. The fourth-order valence-electron chi connectivity index (χ4n) is 6.73. The zero-order valence-electron chi connectivity index (χ0n) is 21.8. The van der Waals surface area contributed by atoms with Crippen molar-refractivity contribution in [2.75, 3.05) is 0 Å². The molecule has 0 atom stereocenters. The second-order valence-electron chi connectivity index (χ2n) is 11.0. The SMILES string of the molecule is CC1(C)c2cc(C#N)ccc2-c2ccc(-n3c4ccccc4c4c5ccccc5n(-c5ccccc5)c43)cc21. The molecule has 0 saturated heterocycles. The van der Waals surface area contributed by atoms with Crippen LogP contribution in [0, 0.1) is 11.3 Å². The highest BCUT2D eigenvalue weighted by Crippen LogP contribution is 2.50. The number of nitriles is 1. The first-order chi connectivity index (χ1) is 19.1. The van der Waals surface area contributed by atoms with Crippen molar-refractivity contribution in [1.82, 2.24) is 9.13 Å². The normalized spacial score (nSPS) is 13.6. The second-order valence-corrected chi connectivity index (χ2v) is 11.0. The molecule has 8 rings (SSSR count). The van der Waals surface area contributed by atoms with Gasteiger partial charge in [-0.3, -0.25) is 9.13 Å². The van der Waals surface area contributed by atoms with E-state index in [1.165, 1.54) is 55.1 Å². The first-order valence-electron chi connectivity index (χ1n) is 13.4. The maximum atomic E-state index is 9.55.